The van der Waals surface area contributed by atoms with Crippen molar-refractivity contribution in [3.8, 4) is 28.7 Å². The van der Waals surface area contributed by atoms with E-state index < -0.39 is 0 Å². The van der Waals surface area contributed by atoms with Crippen LogP contribution in [-0.4, -0.2) is 19.4 Å². The highest BCUT2D eigenvalue weighted by molar-refractivity contribution is 6.32. The van der Waals surface area contributed by atoms with Gasteiger partial charge in [0.05, 0.1) is 16.2 Å². The lowest BCUT2D eigenvalue weighted by molar-refractivity contribution is 0.111. The maximum atomic E-state index is 14.5. The Morgan fingerprint density at radius 2 is 1.97 bits per heavy atom. The molecule has 0 spiro atoms. The number of fused-ring (bicyclic) bond motifs is 1. The minimum absolute atomic E-state index is 0.201. The van der Waals surface area contributed by atoms with Crippen LogP contribution in [0.1, 0.15) is 34.0 Å². The lowest BCUT2D eigenvalue weighted by Crippen LogP contribution is -2.19. The van der Waals surface area contributed by atoms with Gasteiger partial charge in [0.15, 0.2) is 6.29 Å². The van der Waals surface area contributed by atoms with Crippen LogP contribution in [0.2, 0.25) is 5.02 Å². The summed E-state index contributed by atoms with van der Waals surface area (Å²) in [7, 11) is 0. The topological polar surface area (TPSA) is 71.3 Å². The van der Waals surface area contributed by atoms with E-state index in [2.05, 4.69) is 11.4 Å². The van der Waals surface area contributed by atoms with Gasteiger partial charge in [-0.2, -0.15) is 5.26 Å². The van der Waals surface area contributed by atoms with Crippen molar-refractivity contribution in [2.24, 2.45) is 0 Å². The molecule has 2 aliphatic rings. The smallest absolute Gasteiger partial charge is 0.153 e. The first-order valence-corrected chi connectivity index (χ1v) is 11.9. The SMILES string of the molecule is N#CC1=CNCC(COc2cc(O[C@H]3CCc4c(-c5ccccc5F)cccc43)c(Cl)cc2C=O)=C1. The Labute approximate surface area is 213 Å². The van der Waals surface area contributed by atoms with Crippen LogP contribution in [0.5, 0.6) is 11.5 Å². The van der Waals surface area contributed by atoms with Crippen molar-refractivity contribution in [3.05, 3.63) is 106 Å². The van der Waals surface area contributed by atoms with Gasteiger partial charge in [-0.05, 0) is 53.3 Å². The molecule has 3 aromatic carbocycles. The second-order valence-electron chi connectivity index (χ2n) is 8.62. The molecule has 0 unspecified atom stereocenters. The van der Waals surface area contributed by atoms with E-state index in [9.17, 15) is 9.18 Å². The second-order valence-corrected chi connectivity index (χ2v) is 9.03. The molecule has 0 bridgehead atoms. The van der Waals surface area contributed by atoms with Crippen molar-refractivity contribution < 1.29 is 18.7 Å². The van der Waals surface area contributed by atoms with Crippen LogP contribution in [0.3, 0.4) is 0 Å². The number of hydrogen-bond acceptors (Lipinski definition) is 5. The van der Waals surface area contributed by atoms with Crippen LogP contribution in [0, 0.1) is 17.1 Å². The predicted octanol–water partition coefficient (Wildman–Crippen LogP) is 6.34. The number of allylic oxidation sites excluding steroid dienone is 2. The molecule has 5 nitrogen and oxygen atoms in total. The Hall–Kier alpha value is -4.08. The molecule has 1 aliphatic carbocycles. The van der Waals surface area contributed by atoms with Gasteiger partial charge in [0.1, 0.15) is 36.1 Å². The summed E-state index contributed by atoms with van der Waals surface area (Å²) in [5, 5.41) is 12.4. The fraction of sp³-hybridized carbons (Fsp3) is 0.172. The molecule has 1 heterocycles. The Kier molecular flexibility index (Phi) is 6.75. The number of nitrogens with zero attached hydrogens (tertiary/aromatic N) is 1. The zero-order valence-corrected chi connectivity index (χ0v) is 20.0. The summed E-state index contributed by atoms with van der Waals surface area (Å²) in [5.74, 6) is 0.488. The van der Waals surface area contributed by atoms with Crippen molar-refractivity contribution in [1.29, 1.82) is 5.26 Å². The number of benzene rings is 3. The lowest BCUT2D eigenvalue weighted by Gasteiger charge is -2.19. The molecule has 3 aromatic rings. The lowest BCUT2D eigenvalue weighted by atomic mass is 9.96. The molecule has 0 saturated heterocycles. The first kappa shape index (κ1) is 23.7. The fourth-order valence-corrected chi connectivity index (χ4v) is 4.83. The average Bonchev–Trinajstić information content (AvgIpc) is 3.32. The Balaban J connectivity index is 1.40. The quantitative estimate of drug-likeness (QED) is 0.383. The van der Waals surface area contributed by atoms with Crippen LogP contribution in [0.4, 0.5) is 4.39 Å². The summed E-state index contributed by atoms with van der Waals surface area (Å²) < 4.78 is 26.7. The van der Waals surface area contributed by atoms with Crippen molar-refractivity contribution >= 4 is 17.9 Å². The third-order valence-corrected chi connectivity index (χ3v) is 6.62. The number of carbonyl (C=O) groups excluding carboxylic acids is 1. The molecular weight excluding hydrogens is 479 g/mol. The molecule has 1 N–H and O–H groups in total. The van der Waals surface area contributed by atoms with E-state index in [1.807, 2.05) is 24.3 Å². The van der Waals surface area contributed by atoms with Crippen molar-refractivity contribution in [3.63, 3.8) is 0 Å². The van der Waals surface area contributed by atoms with Crippen LogP contribution in [0.25, 0.3) is 11.1 Å². The number of rotatable bonds is 7. The number of dihydropyridines is 1. The normalized spacial score (nSPS) is 16.2. The summed E-state index contributed by atoms with van der Waals surface area (Å²) in [6.07, 6.45) is 5.27. The third kappa shape index (κ3) is 4.71. The molecule has 0 amide bonds. The first-order chi connectivity index (χ1) is 17.6. The van der Waals surface area contributed by atoms with Gasteiger partial charge in [0.2, 0.25) is 0 Å². The number of nitriles is 1. The van der Waals surface area contributed by atoms with Gasteiger partial charge in [-0.25, -0.2) is 4.39 Å². The molecule has 1 aliphatic heterocycles. The summed E-state index contributed by atoms with van der Waals surface area (Å²) in [6, 6.07) is 17.8. The molecule has 180 valence electrons. The predicted molar refractivity (Wildman–Crippen MR) is 136 cm³/mol. The Morgan fingerprint density at radius 3 is 2.78 bits per heavy atom. The number of aldehydes is 1. The highest BCUT2D eigenvalue weighted by Crippen LogP contribution is 2.43. The molecule has 36 heavy (non-hydrogen) atoms. The zero-order chi connectivity index (χ0) is 25.1. The second kappa shape index (κ2) is 10.3. The molecule has 5 rings (SSSR count). The zero-order valence-electron chi connectivity index (χ0n) is 19.3. The van der Waals surface area contributed by atoms with Crippen molar-refractivity contribution in [2.45, 2.75) is 18.9 Å². The standard InChI is InChI=1S/C29H22ClFN2O3/c30-25-11-20(16-34)28(35-17-19-10-18(13-32)14-33-15-19)12-29(25)36-27-9-8-22-21(5-3-6-24(22)27)23-4-1-2-7-26(23)31/h1-7,10-12,14,16,27,33H,8-9,15,17H2/t27-/m0/s1. The molecule has 0 radical (unpaired) electrons. The van der Waals surface area contributed by atoms with Crippen molar-refractivity contribution in [1.82, 2.24) is 5.32 Å². The Morgan fingerprint density at radius 1 is 1.14 bits per heavy atom. The van der Waals surface area contributed by atoms with Gasteiger partial charge in [0, 0.05) is 24.4 Å². The molecule has 0 saturated carbocycles. The van der Waals surface area contributed by atoms with E-state index >= 15 is 0 Å². The minimum Gasteiger partial charge on any atom is -0.488 e. The van der Waals surface area contributed by atoms with Crippen molar-refractivity contribution in [2.75, 3.05) is 13.2 Å². The maximum absolute atomic E-state index is 14.5. The van der Waals surface area contributed by atoms with Gasteiger partial charge in [-0.3, -0.25) is 4.79 Å². The highest BCUT2D eigenvalue weighted by Gasteiger charge is 2.28. The number of ether oxygens (including phenoxy) is 2. The Bertz CT molecular complexity index is 1440. The van der Waals surface area contributed by atoms with E-state index in [-0.39, 0.29) is 18.5 Å². The molecule has 0 aromatic heterocycles. The average molecular weight is 501 g/mol. The summed E-state index contributed by atoms with van der Waals surface area (Å²) >= 11 is 6.47. The van der Waals surface area contributed by atoms with Gasteiger partial charge < -0.3 is 14.8 Å². The molecule has 7 heteroatoms. The molecule has 0 fully saturated rings. The largest absolute Gasteiger partial charge is 0.488 e. The summed E-state index contributed by atoms with van der Waals surface area (Å²) in [5.41, 5.74) is 5.16. The van der Waals surface area contributed by atoms with Crippen LogP contribution >= 0.6 is 11.6 Å². The monoisotopic (exact) mass is 500 g/mol. The summed E-state index contributed by atoms with van der Waals surface area (Å²) in [6.45, 7) is 0.744. The van der Waals surface area contributed by atoms with Gasteiger partial charge in [-0.15, -0.1) is 0 Å². The maximum Gasteiger partial charge on any atom is 0.153 e. The highest BCUT2D eigenvalue weighted by atomic mass is 35.5. The van der Waals surface area contributed by atoms with Crippen LogP contribution < -0.4 is 14.8 Å². The van der Waals surface area contributed by atoms with Crippen LogP contribution in [-0.2, 0) is 6.42 Å². The number of nitrogens with one attached hydrogen (secondary N) is 1. The number of carbonyl (C=O) groups is 1. The third-order valence-electron chi connectivity index (χ3n) is 6.33. The van der Waals surface area contributed by atoms with E-state index in [4.69, 9.17) is 26.3 Å². The first-order valence-electron chi connectivity index (χ1n) is 11.6. The number of hydrogen-bond donors (Lipinski definition) is 1. The van der Waals surface area contributed by atoms with Gasteiger partial charge >= 0.3 is 0 Å². The van der Waals surface area contributed by atoms with E-state index in [1.165, 1.54) is 12.1 Å². The summed E-state index contributed by atoms with van der Waals surface area (Å²) in [4.78, 5) is 11.7. The minimum atomic E-state index is -0.271. The molecular formula is C29H22ClFN2O3. The fourth-order valence-electron chi connectivity index (χ4n) is 4.61. The van der Waals surface area contributed by atoms with Gasteiger partial charge in [-0.1, -0.05) is 48.0 Å². The van der Waals surface area contributed by atoms with E-state index in [1.54, 1.807) is 30.5 Å². The van der Waals surface area contributed by atoms with E-state index in [0.717, 1.165) is 28.7 Å². The van der Waals surface area contributed by atoms with Crippen LogP contribution in [0.15, 0.2) is 78.0 Å². The number of halogens is 2. The van der Waals surface area contributed by atoms with E-state index in [0.29, 0.717) is 52.5 Å². The molecule has 1 atom stereocenters. The van der Waals surface area contributed by atoms with Gasteiger partial charge in [0.25, 0.3) is 0 Å².